The molecule has 6 rings (SSSR count). The average Bonchev–Trinajstić information content (AvgIpc) is 3.46. The van der Waals surface area contributed by atoms with E-state index in [1.54, 1.807) is 0 Å². The van der Waals surface area contributed by atoms with Gasteiger partial charge in [0.15, 0.2) is 17.0 Å². The van der Waals surface area contributed by atoms with E-state index in [2.05, 4.69) is 61.4 Å². The van der Waals surface area contributed by atoms with Crippen molar-refractivity contribution < 1.29 is 0 Å². The van der Waals surface area contributed by atoms with Gasteiger partial charge in [-0.25, -0.2) is 9.97 Å². The summed E-state index contributed by atoms with van der Waals surface area (Å²) in [4.78, 5) is 18.7. The normalized spacial score (nSPS) is 18.7. The van der Waals surface area contributed by atoms with Gasteiger partial charge in [-0.3, -0.25) is 10.1 Å². The maximum Gasteiger partial charge on any atom is 0.183 e. The summed E-state index contributed by atoms with van der Waals surface area (Å²) in [6, 6.07) is 14.8. The fraction of sp³-hybridized carbons (Fsp3) is 0.304. The number of aromatic nitrogens is 5. The van der Waals surface area contributed by atoms with Crippen LogP contribution in [-0.4, -0.2) is 44.8 Å². The third-order valence-corrected chi connectivity index (χ3v) is 6.23. The van der Waals surface area contributed by atoms with E-state index in [0.717, 1.165) is 73.1 Å². The molecule has 4 aromatic rings. The molecule has 150 valence electrons. The van der Waals surface area contributed by atoms with Crippen LogP contribution >= 0.6 is 0 Å². The van der Waals surface area contributed by atoms with Crippen LogP contribution in [0.5, 0.6) is 0 Å². The largest absolute Gasteiger partial charge is 0.355 e. The number of hydrogen-bond acceptors (Lipinski definition) is 6. The Hall–Kier alpha value is -3.48. The lowest BCUT2D eigenvalue weighted by molar-refractivity contribution is 0.738. The monoisotopic (exact) mass is 397 g/mol. The molecule has 1 aromatic carbocycles. The predicted octanol–water partition coefficient (Wildman–Crippen LogP) is 3.83. The lowest BCUT2D eigenvalue weighted by atomic mass is 9.99. The van der Waals surface area contributed by atoms with Gasteiger partial charge in [0.25, 0.3) is 0 Å². The van der Waals surface area contributed by atoms with E-state index in [1.807, 2.05) is 18.5 Å². The molecular formula is C23H23N7. The van der Waals surface area contributed by atoms with Crippen molar-refractivity contribution in [2.24, 2.45) is 0 Å². The van der Waals surface area contributed by atoms with E-state index in [0.29, 0.717) is 5.92 Å². The Morgan fingerprint density at radius 2 is 1.93 bits per heavy atom. The molecule has 1 fully saturated rings. The Balaban J connectivity index is 1.29. The summed E-state index contributed by atoms with van der Waals surface area (Å²) in [5.41, 5.74) is 5.19. The zero-order valence-electron chi connectivity index (χ0n) is 16.7. The number of pyridine rings is 1. The number of fused-ring (bicyclic) bond motifs is 2. The molecule has 1 N–H and O–H groups in total. The van der Waals surface area contributed by atoms with Gasteiger partial charge in [0.2, 0.25) is 0 Å². The summed E-state index contributed by atoms with van der Waals surface area (Å²) < 4.78 is 0. The summed E-state index contributed by atoms with van der Waals surface area (Å²) >= 11 is 0. The molecule has 0 radical (unpaired) electrons. The summed E-state index contributed by atoms with van der Waals surface area (Å²) in [7, 11) is 0. The highest BCUT2D eigenvalue weighted by molar-refractivity contribution is 5.87. The lowest BCUT2D eigenvalue weighted by Crippen LogP contribution is -2.25. The van der Waals surface area contributed by atoms with Gasteiger partial charge in [0.1, 0.15) is 5.82 Å². The average molecular weight is 397 g/mol. The maximum atomic E-state index is 4.86. The minimum Gasteiger partial charge on any atom is -0.355 e. The molecule has 30 heavy (non-hydrogen) atoms. The fourth-order valence-electron chi connectivity index (χ4n) is 4.70. The molecule has 0 aliphatic carbocycles. The van der Waals surface area contributed by atoms with Gasteiger partial charge in [-0.15, -0.1) is 0 Å². The van der Waals surface area contributed by atoms with Crippen LogP contribution in [0.15, 0.2) is 54.9 Å². The number of nitrogens with zero attached hydrogens (tertiary/aromatic N) is 6. The second-order valence-electron chi connectivity index (χ2n) is 8.04. The van der Waals surface area contributed by atoms with Crippen molar-refractivity contribution in [3.63, 3.8) is 0 Å². The lowest BCUT2D eigenvalue weighted by Gasteiger charge is -2.28. The number of hydrogen-bond donors (Lipinski definition) is 1. The van der Waals surface area contributed by atoms with Crippen molar-refractivity contribution >= 4 is 28.5 Å². The van der Waals surface area contributed by atoms with E-state index in [4.69, 9.17) is 9.97 Å². The van der Waals surface area contributed by atoms with Gasteiger partial charge in [-0.2, -0.15) is 5.10 Å². The first-order valence-electron chi connectivity index (χ1n) is 10.6. The zero-order chi connectivity index (χ0) is 19.9. The van der Waals surface area contributed by atoms with Crippen LogP contribution in [-0.2, 0) is 6.42 Å². The summed E-state index contributed by atoms with van der Waals surface area (Å²) in [6.07, 6.45) is 6.94. The van der Waals surface area contributed by atoms with Gasteiger partial charge in [0, 0.05) is 31.7 Å². The highest BCUT2D eigenvalue weighted by atomic mass is 15.3. The molecule has 5 heterocycles. The molecule has 7 heteroatoms. The molecule has 3 aromatic heterocycles. The Labute approximate surface area is 174 Å². The summed E-state index contributed by atoms with van der Waals surface area (Å²) in [5, 5.41) is 7.69. The first kappa shape index (κ1) is 17.4. The predicted molar refractivity (Wildman–Crippen MR) is 117 cm³/mol. The molecule has 0 bridgehead atoms. The SMILES string of the molecule is c1ccc(C2CCN(c3cnc4c(N5CCCc6ncccc65)n[nH]c4n3)C2)cc1. The summed E-state index contributed by atoms with van der Waals surface area (Å²) in [6.45, 7) is 2.87. The van der Waals surface area contributed by atoms with Crippen molar-refractivity contribution in [3.05, 3.63) is 66.1 Å². The smallest absolute Gasteiger partial charge is 0.183 e. The van der Waals surface area contributed by atoms with Crippen LogP contribution in [0.4, 0.5) is 17.3 Å². The molecule has 0 saturated carbocycles. The van der Waals surface area contributed by atoms with Gasteiger partial charge < -0.3 is 9.80 Å². The van der Waals surface area contributed by atoms with Crippen LogP contribution < -0.4 is 9.80 Å². The second kappa shape index (κ2) is 7.09. The molecule has 1 atom stereocenters. The highest BCUT2D eigenvalue weighted by Crippen LogP contribution is 2.35. The first-order valence-corrected chi connectivity index (χ1v) is 10.6. The third-order valence-electron chi connectivity index (χ3n) is 6.23. The van der Waals surface area contributed by atoms with Crippen molar-refractivity contribution in [1.82, 2.24) is 25.1 Å². The quantitative estimate of drug-likeness (QED) is 0.566. The molecule has 2 aliphatic heterocycles. The van der Waals surface area contributed by atoms with E-state index in [1.165, 1.54) is 5.56 Å². The number of H-pyrrole nitrogens is 1. The molecule has 0 spiro atoms. The molecule has 7 nitrogen and oxygen atoms in total. The van der Waals surface area contributed by atoms with Crippen LogP contribution in [0, 0.1) is 0 Å². The van der Waals surface area contributed by atoms with E-state index in [-0.39, 0.29) is 0 Å². The fourth-order valence-corrected chi connectivity index (χ4v) is 4.70. The van der Waals surface area contributed by atoms with Crippen molar-refractivity contribution in [1.29, 1.82) is 0 Å². The van der Waals surface area contributed by atoms with Crippen LogP contribution in [0.25, 0.3) is 11.2 Å². The molecule has 1 unspecified atom stereocenters. The molecule has 2 aliphatic rings. The maximum absolute atomic E-state index is 4.86. The number of anilines is 3. The van der Waals surface area contributed by atoms with Crippen molar-refractivity contribution in [2.75, 3.05) is 29.4 Å². The number of aromatic amines is 1. The minimum atomic E-state index is 0.540. The van der Waals surface area contributed by atoms with Crippen molar-refractivity contribution in [2.45, 2.75) is 25.2 Å². The molecule has 1 saturated heterocycles. The topological polar surface area (TPSA) is 73.8 Å². The zero-order valence-corrected chi connectivity index (χ0v) is 16.7. The third kappa shape index (κ3) is 2.89. The van der Waals surface area contributed by atoms with Crippen molar-refractivity contribution in [3.8, 4) is 0 Å². The first-order chi connectivity index (χ1) is 14.9. The number of benzene rings is 1. The van der Waals surface area contributed by atoms with Gasteiger partial charge >= 0.3 is 0 Å². The van der Waals surface area contributed by atoms with Gasteiger partial charge in [-0.1, -0.05) is 30.3 Å². The summed E-state index contributed by atoms with van der Waals surface area (Å²) in [5.74, 6) is 2.29. The highest BCUT2D eigenvalue weighted by Gasteiger charge is 2.27. The van der Waals surface area contributed by atoms with Gasteiger partial charge in [-0.05, 0) is 37.0 Å². The Morgan fingerprint density at radius 1 is 1.00 bits per heavy atom. The second-order valence-corrected chi connectivity index (χ2v) is 8.04. The van der Waals surface area contributed by atoms with Crippen LogP contribution in [0.2, 0.25) is 0 Å². The van der Waals surface area contributed by atoms with E-state index in [9.17, 15) is 0 Å². The van der Waals surface area contributed by atoms with Crippen LogP contribution in [0.3, 0.4) is 0 Å². The minimum absolute atomic E-state index is 0.540. The Kier molecular flexibility index (Phi) is 4.11. The molecular weight excluding hydrogens is 374 g/mol. The van der Waals surface area contributed by atoms with E-state index < -0.39 is 0 Å². The van der Waals surface area contributed by atoms with Crippen LogP contribution in [0.1, 0.15) is 30.0 Å². The number of aryl methyl sites for hydroxylation is 1. The number of rotatable bonds is 3. The Bertz CT molecular complexity index is 1190. The molecule has 0 amide bonds. The number of nitrogens with one attached hydrogen (secondary N) is 1. The standard InChI is InChI=1S/C23H23N7/c1-2-6-16(7-3-1)17-10-13-29(15-17)20-14-25-21-22(26-20)27-28-23(21)30-12-5-8-18-19(30)9-4-11-24-18/h1-4,6-7,9,11,14,17H,5,8,10,12-13,15H2,(H,26,27,28). The Morgan fingerprint density at radius 3 is 2.87 bits per heavy atom. The van der Waals surface area contributed by atoms with Gasteiger partial charge in [0.05, 0.1) is 17.6 Å². The van der Waals surface area contributed by atoms with E-state index >= 15 is 0 Å².